The van der Waals surface area contributed by atoms with E-state index in [4.69, 9.17) is 4.99 Å². The smallest absolute Gasteiger partial charge is 0.223 e. The number of nitrogens with zero attached hydrogens (tertiary/aromatic N) is 2. The minimum atomic E-state index is 0.203. The summed E-state index contributed by atoms with van der Waals surface area (Å²) in [6, 6.07) is 0. The first-order chi connectivity index (χ1) is 10.6. The van der Waals surface area contributed by atoms with Crippen molar-refractivity contribution in [2.24, 2.45) is 16.8 Å². The zero-order chi connectivity index (χ0) is 15.9. The first kappa shape index (κ1) is 17.4. The monoisotopic (exact) mass is 326 g/mol. The van der Waals surface area contributed by atoms with Crippen LogP contribution >= 0.6 is 11.8 Å². The summed E-state index contributed by atoms with van der Waals surface area (Å²) in [6.45, 7) is 11.0. The van der Waals surface area contributed by atoms with Gasteiger partial charge in [0, 0.05) is 43.1 Å². The summed E-state index contributed by atoms with van der Waals surface area (Å²) in [5, 5.41) is 7.04. The first-order valence-electron chi connectivity index (χ1n) is 8.54. The van der Waals surface area contributed by atoms with Gasteiger partial charge in [-0.25, -0.2) is 0 Å². The van der Waals surface area contributed by atoms with Gasteiger partial charge < -0.3 is 15.5 Å². The Morgan fingerprint density at radius 1 is 1.36 bits per heavy atom. The number of carbonyl (C=O) groups is 1. The molecule has 1 aliphatic heterocycles. The number of nitrogens with one attached hydrogen (secondary N) is 2. The van der Waals surface area contributed by atoms with Crippen molar-refractivity contribution >= 4 is 23.6 Å². The summed E-state index contributed by atoms with van der Waals surface area (Å²) in [7, 11) is 0. The fourth-order valence-electron chi connectivity index (χ4n) is 2.53. The van der Waals surface area contributed by atoms with Gasteiger partial charge in [-0.1, -0.05) is 13.8 Å². The molecular weight excluding hydrogens is 296 g/mol. The number of thioether (sulfide) groups is 1. The Morgan fingerprint density at radius 2 is 2.14 bits per heavy atom. The number of hydrogen-bond acceptors (Lipinski definition) is 3. The summed E-state index contributed by atoms with van der Waals surface area (Å²) < 4.78 is 0. The standard InChI is InChI=1S/C16H30N4OS/c1-4-17-16(19-8-7-18-15(21)13-5-6-13)20-9-10-22-14(11-20)12(2)3/h12-14H,4-11H2,1-3H3,(H,17,19)(H,18,21). The maximum absolute atomic E-state index is 11.6. The Kier molecular flexibility index (Phi) is 6.86. The van der Waals surface area contributed by atoms with Crippen LogP contribution in [-0.2, 0) is 4.79 Å². The van der Waals surface area contributed by atoms with E-state index in [2.05, 4.69) is 48.1 Å². The molecule has 2 aliphatic rings. The van der Waals surface area contributed by atoms with Crippen LogP contribution < -0.4 is 10.6 Å². The van der Waals surface area contributed by atoms with Gasteiger partial charge in [-0.05, 0) is 25.7 Å². The average molecular weight is 327 g/mol. The highest BCUT2D eigenvalue weighted by Gasteiger charge is 2.29. The van der Waals surface area contributed by atoms with E-state index >= 15 is 0 Å². The topological polar surface area (TPSA) is 56.7 Å². The maximum atomic E-state index is 11.6. The maximum Gasteiger partial charge on any atom is 0.223 e. The van der Waals surface area contributed by atoms with Gasteiger partial charge in [0.05, 0.1) is 6.54 Å². The predicted molar refractivity (Wildman–Crippen MR) is 94.4 cm³/mol. The first-order valence-corrected chi connectivity index (χ1v) is 9.59. The Labute approximate surface area is 138 Å². The van der Waals surface area contributed by atoms with E-state index in [0.717, 1.165) is 44.2 Å². The summed E-state index contributed by atoms with van der Waals surface area (Å²) in [5.74, 6) is 3.33. The quantitative estimate of drug-likeness (QED) is 0.442. The van der Waals surface area contributed by atoms with Crippen LogP contribution in [-0.4, -0.2) is 60.5 Å². The molecule has 0 aromatic rings. The van der Waals surface area contributed by atoms with Crippen LogP contribution in [0.2, 0.25) is 0 Å². The number of aliphatic imine (C=N–C) groups is 1. The lowest BCUT2D eigenvalue weighted by atomic mass is 10.1. The molecule has 1 aliphatic carbocycles. The van der Waals surface area contributed by atoms with E-state index in [9.17, 15) is 4.79 Å². The van der Waals surface area contributed by atoms with Crippen LogP contribution in [0.25, 0.3) is 0 Å². The van der Waals surface area contributed by atoms with Crippen molar-refractivity contribution in [2.45, 2.75) is 38.9 Å². The molecule has 1 atom stereocenters. The molecular formula is C16H30N4OS. The van der Waals surface area contributed by atoms with Crippen molar-refractivity contribution in [3.63, 3.8) is 0 Å². The molecule has 2 N–H and O–H groups in total. The van der Waals surface area contributed by atoms with Crippen molar-refractivity contribution in [3.05, 3.63) is 0 Å². The minimum Gasteiger partial charge on any atom is -0.357 e. The zero-order valence-electron chi connectivity index (χ0n) is 14.1. The molecule has 22 heavy (non-hydrogen) atoms. The van der Waals surface area contributed by atoms with Gasteiger partial charge in [0.25, 0.3) is 0 Å². The molecule has 1 saturated carbocycles. The van der Waals surface area contributed by atoms with E-state index < -0.39 is 0 Å². The molecule has 126 valence electrons. The average Bonchev–Trinajstić information content (AvgIpc) is 3.35. The Morgan fingerprint density at radius 3 is 2.77 bits per heavy atom. The number of hydrogen-bond donors (Lipinski definition) is 2. The largest absolute Gasteiger partial charge is 0.357 e. The molecule has 0 aromatic carbocycles. The highest BCUT2D eigenvalue weighted by Crippen LogP contribution is 2.28. The SMILES string of the molecule is CCNC(=NCCNC(=O)C1CC1)N1CCSC(C(C)C)C1. The van der Waals surface area contributed by atoms with E-state index in [1.807, 2.05) is 0 Å². The van der Waals surface area contributed by atoms with Gasteiger partial charge in [0.2, 0.25) is 5.91 Å². The summed E-state index contributed by atoms with van der Waals surface area (Å²) in [6.07, 6.45) is 2.11. The zero-order valence-corrected chi connectivity index (χ0v) is 14.9. The second kappa shape index (κ2) is 8.65. The molecule has 1 amide bonds. The Hall–Kier alpha value is -0.910. The van der Waals surface area contributed by atoms with Crippen LogP contribution in [0.4, 0.5) is 0 Å². The molecule has 0 bridgehead atoms. The fourth-order valence-corrected chi connectivity index (χ4v) is 3.83. The molecule has 6 heteroatoms. The van der Waals surface area contributed by atoms with Gasteiger partial charge in [-0.2, -0.15) is 11.8 Å². The van der Waals surface area contributed by atoms with Crippen molar-refractivity contribution in [2.75, 3.05) is 38.5 Å². The molecule has 1 saturated heterocycles. The van der Waals surface area contributed by atoms with Crippen molar-refractivity contribution in [1.29, 1.82) is 0 Å². The van der Waals surface area contributed by atoms with Gasteiger partial charge in [0.15, 0.2) is 5.96 Å². The van der Waals surface area contributed by atoms with E-state index in [1.165, 1.54) is 0 Å². The normalized spacial score (nSPS) is 22.8. The molecule has 1 heterocycles. The number of amides is 1. The van der Waals surface area contributed by atoms with Gasteiger partial charge in [0.1, 0.15) is 0 Å². The van der Waals surface area contributed by atoms with Crippen molar-refractivity contribution < 1.29 is 4.79 Å². The molecule has 0 spiro atoms. The highest BCUT2D eigenvalue weighted by atomic mass is 32.2. The van der Waals surface area contributed by atoms with Crippen LogP contribution in [0.5, 0.6) is 0 Å². The van der Waals surface area contributed by atoms with Gasteiger partial charge in [-0.15, -0.1) is 0 Å². The van der Waals surface area contributed by atoms with Gasteiger partial charge in [-0.3, -0.25) is 9.79 Å². The third-order valence-electron chi connectivity index (χ3n) is 4.09. The summed E-state index contributed by atoms with van der Waals surface area (Å²) in [5.41, 5.74) is 0. The number of rotatable bonds is 6. The summed E-state index contributed by atoms with van der Waals surface area (Å²) in [4.78, 5) is 18.7. The Bertz CT molecular complexity index is 396. The molecule has 1 unspecified atom stereocenters. The predicted octanol–water partition coefficient (Wildman–Crippen LogP) is 1.55. The number of guanidine groups is 1. The van der Waals surface area contributed by atoms with Crippen LogP contribution in [0.1, 0.15) is 33.6 Å². The molecule has 2 rings (SSSR count). The second-order valence-corrected chi connectivity index (χ2v) is 7.75. The van der Waals surface area contributed by atoms with E-state index in [-0.39, 0.29) is 11.8 Å². The molecule has 0 radical (unpaired) electrons. The van der Waals surface area contributed by atoms with Crippen LogP contribution in [0.3, 0.4) is 0 Å². The fraction of sp³-hybridized carbons (Fsp3) is 0.875. The van der Waals surface area contributed by atoms with Gasteiger partial charge >= 0.3 is 0 Å². The van der Waals surface area contributed by atoms with Crippen molar-refractivity contribution in [3.8, 4) is 0 Å². The van der Waals surface area contributed by atoms with E-state index in [1.54, 1.807) is 0 Å². The van der Waals surface area contributed by atoms with Crippen LogP contribution in [0, 0.1) is 11.8 Å². The second-order valence-electron chi connectivity index (χ2n) is 6.40. The molecule has 5 nitrogen and oxygen atoms in total. The number of carbonyl (C=O) groups excluding carboxylic acids is 1. The lowest BCUT2D eigenvalue weighted by Crippen LogP contribution is -2.49. The molecule has 2 fully saturated rings. The lowest BCUT2D eigenvalue weighted by Gasteiger charge is -2.36. The Balaban J connectivity index is 1.81. The third kappa shape index (κ3) is 5.38. The van der Waals surface area contributed by atoms with Crippen molar-refractivity contribution in [1.82, 2.24) is 15.5 Å². The third-order valence-corrected chi connectivity index (χ3v) is 5.63. The van der Waals surface area contributed by atoms with Crippen LogP contribution in [0.15, 0.2) is 4.99 Å². The summed E-state index contributed by atoms with van der Waals surface area (Å²) >= 11 is 2.07. The lowest BCUT2D eigenvalue weighted by molar-refractivity contribution is -0.122. The highest BCUT2D eigenvalue weighted by molar-refractivity contribution is 8.00. The van der Waals surface area contributed by atoms with E-state index in [0.29, 0.717) is 24.3 Å². The minimum absolute atomic E-state index is 0.203. The molecule has 0 aromatic heterocycles.